The Morgan fingerprint density at radius 1 is 0.735 bits per heavy atom. The molecule has 4 aromatic heterocycles. The van der Waals surface area contributed by atoms with Gasteiger partial charge in [-0.25, -0.2) is 19.0 Å². The number of hydrogen-bond acceptors (Lipinski definition) is 10. The Hall–Kier alpha value is -3.26. The lowest BCUT2D eigenvalue weighted by molar-refractivity contribution is -0.120. The molecule has 0 aliphatic rings. The number of hydrogen-bond donors (Lipinski definition) is 2. The summed E-state index contributed by atoms with van der Waals surface area (Å²) in [5.74, 6) is 1.04. The first-order valence-electron chi connectivity index (χ1n) is 10.5. The van der Waals surface area contributed by atoms with Crippen LogP contribution in [0, 0.1) is 27.7 Å². The molecule has 4 rings (SSSR count). The monoisotopic (exact) mass is 500 g/mol. The lowest BCUT2D eigenvalue weighted by atomic mass is 10.4. The van der Waals surface area contributed by atoms with Crippen LogP contribution in [0.5, 0.6) is 0 Å². The first-order chi connectivity index (χ1) is 16.3. The zero-order valence-electron chi connectivity index (χ0n) is 19.2. The Kier molecular flexibility index (Phi) is 7.26. The van der Waals surface area contributed by atoms with E-state index in [-0.39, 0.29) is 23.3 Å². The highest BCUT2D eigenvalue weighted by molar-refractivity contribution is 8.00. The van der Waals surface area contributed by atoms with Crippen LogP contribution >= 0.6 is 23.5 Å². The fraction of sp³-hybridized carbons (Fsp3) is 0.400. The number of carbonyl (C=O) groups excluding carboxylic acids is 2. The van der Waals surface area contributed by atoms with Crippen LogP contribution in [0.2, 0.25) is 0 Å². The van der Waals surface area contributed by atoms with Crippen molar-refractivity contribution >= 4 is 46.9 Å². The molecule has 34 heavy (non-hydrogen) atoms. The van der Waals surface area contributed by atoms with Crippen molar-refractivity contribution in [2.45, 2.75) is 38.0 Å². The predicted molar refractivity (Wildman–Crippen MR) is 128 cm³/mol. The first-order valence-corrected chi connectivity index (χ1v) is 12.5. The van der Waals surface area contributed by atoms with Crippen LogP contribution in [0.4, 0.5) is 0 Å². The Balaban J connectivity index is 1.15. The number of rotatable bonds is 9. The summed E-state index contributed by atoms with van der Waals surface area (Å²) < 4.78 is 3.31. The third-order valence-corrected chi connectivity index (χ3v) is 6.31. The van der Waals surface area contributed by atoms with Gasteiger partial charge in [0.25, 0.3) is 11.6 Å². The highest BCUT2D eigenvalue weighted by Crippen LogP contribution is 2.16. The highest BCUT2D eigenvalue weighted by atomic mass is 32.2. The van der Waals surface area contributed by atoms with E-state index in [9.17, 15) is 9.59 Å². The molecule has 2 N–H and O–H groups in total. The van der Waals surface area contributed by atoms with Crippen molar-refractivity contribution in [2.75, 3.05) is 24.6 Å². The topological polar surface area (TPSA) is 144 Å². The predicted octanol–water partition coefficient (Wildman–Crippen LogP) is 0.912. The van der Waals surface area contributed by atoms with E-state index in [1.165, 1.54) is 23.5 Å². The lowest BCUT2D eigenvalue weighted by Crippen LogP contribution is -2.36. The second kappa shape index (κ2) is 10.3. The van der Waals surface area contributed by atoms with E-state index in [1.54, 1.807) is 9.03 Å². The summed E-state index contributed by atoms with van der Waals surface area (Å²) in [5.41, 5.74) is 3.59. The summed E-state index contributed by atoms with van der Waals surface area (Å²) in [6.45, 7) is 8.30. The van der Waals surface area contributed by atoms with Crippen molar-refractivity contribution < 1.29 is 9.59 Å². The van der Waals surface area contributed by atoms with Crippen molar-refractivity contribution in [3.05, 3.63) is 34.9 Å². The number of fused-ring (bicyclic) bond motifs is 2. The molecule has 2 amide bonds. The molecule has 0 spiro atoms. The van der Waals surface area contributed by atoms with Crippen molar-refractivity contribution in [3.8, 4) is 0 Å². The molecule has 0 saturated carbocycles. The molecule has 0 aromatic carbocycles. The van der Waals surface area contributed by atoms with Gasteiger partial charge in [-0.1, -0.05) is 23.5 Å². The van der Waals surface area contributed by atoms with Crippen LogP contribution in [0.25, 0.3) is 11.6 Å². The van der Waals surface area contributed by atoms with Gasteiger partial charge < -0.3 is 10.6 Å². The SMILES string of the molecule is Cc1cc(C)n2nc(SCC(=O)NCCNC(=O)CSc3nc4nc(C)cc(C)n4n3)nc2n1. The second-order valence-electron chi connectivity index (χ2n) is 7.57. The van der Waals surface area contributed by atoms with Crippen LogP contribution in [0.3, 0.4) is 0 Å². The maximum Gasteiger partial charge on any atom is 0.253 e. The summed E-state index contributed by atoms with van der Waals surface area (Å²) >= 11 is 2.47. The Labute approximate surface area is 203 Å². The molecule has 178 valence electrons. The molecule has 0 aliphatic heterocycles. The van der Waals surface area contributed by atoms with E-state index in [1.807, 2.05) is 39.8 Å². The van der Waals surface area contributed by atoms with Gasteiger partial charge in [-0.2, -0.15) is 9.97 Å². The molecule has 0 bridgehead atoms. The standard InChI is InChI=1S/C20H24N10O2S2/c1-11-7-13(3)29-17(23-11)25-19(27-29)33-9-15(31)21-5-6-22-16(32)10-34-20-26-18-24-12(2)8-14(4)30(18)28-20/h7-8H,5-6,9-10H2,1-4H3,(H,21,31)(H,22,32). The van der Waals surface area contributed by atoms with Gasteiger partial charge in [0.05, 0.1) is 11.5 Å². The number of nitrogens with zero attached hydrogens (tertiary/aromatic N) is 8. The largest absolute Gasteiger partial charge is 0.354 e. The van der Waals surface area contributed by atoms with Crippen molar-refractivity contribution in [1.29, 1.82) is 0 Å². The minimum atomic E-state index is -0.166. The average molecular weight is 501 g/mol. The number of aromatic nitrogens is 8. The summed E-state index contributed by atoms with van der Waals surface area (Å²) in [7, 11) is 0. The van der Waals surface area contributed by atoms with E-state index >= 15 is 0 Å². The molecule has 0 unspecified atom stereocenters. The Bertz CT molecular complexity index is 1260. The molecule has 0 saturated heterocycles. The third-order valence-electron chi connectivity index (χ3n) is 4.63. The molecular formula is C20H24N10O2S2. The number of carbonyl (C=O) groups is 2. The van der Waals surface area contributed by atoms with E-state index < -0.39 is 0 Å². The molecule has 0 radical (unpaired) electrons. The zero-order chi connectivity index (χ0) is 24.2. The number of thioether (sulfide) groups is 2. The fourth-order valence-corrected chi connectivity index (χ4v) is 4.48. The van der Waals surface area contributed by atoms with E-state index in [4.69, 9.17) is 0 Å². The molecule has 14 heteroatoms. The van der Waals surface area contributed by atoms with Crippen molar-refractivity contribution in [3.63, 3.8) is 0 Å². The van der Waals surface area contributed by atoms with Crippen LogP contribution in [0.1, 0.15) is 22.8 Å². The normalized spacial score (nSPS) is 11.3. The summed E-state index contributed by atoms with van der Waals surface area (Å²) in [4.78, 5) is 41.5. The van der Waals surface area contributed by atoms with Gasteiger partial charge in [0, 0.05) is 35.9 Å². The second-order valence-corrected chi connectivity index (χ2v) is 9.45. The van der Waals surface area contributed by atoms with Gasteiger partial charge in [0.1, 0.15) is 0 Å². The van der Waals surface area contributed by atoms with Crippen LogP contribution < -0.4 is 10.6 Å². The number of aryl methyl sites for hydroxylation is 4. The summed E-state index contributed by atoms with van der Waals surface area (Å²) in [6, 6.07) is 3.84. The van der Waals surface area contributed by atoms with Gasteiger partial charge in [0.15, 0.2) is 0 Å². The minimum Gasteiger partial charge on any atom is -0.354 e. The quantitative estimate of drug-likeness (QED) is 0.251. The fourth-order valence-electron chi connectivity index (χ4n) is 3.18. The van der Waals surface area contributed by atoms with Crippen molar-refractivity contribution in [2.24, 2.45) is 0 Å². The van der Waals surface area contributed by atoms with Crippen LogP contribution in [0.15, 0.2) is 22.4 Å². The average Bonchev–Trinajstić information content (AvgIpc) is 3.38. The van der Waals surface area contributed by atoms with Crippen LogP contribution in [-0.4, -0.2) is 75.6 Å². The van der Waals surface area contributed by atoms with Crippen LogP contribution in [-0.2, 0) is 9.59 Å². The molecular weight excluding hydrogens is 476 g/mol. The maximum absolute atomic E-state index is 12.1. The Morgan fingerprint density at radius 2 is 1.15 bits per heavy atom. The zero-order valence-corrected chi connectivity index (χ0v) is 20.8. The Morgan fingerprint density at radius 3 is 1.56 bits per heavy atom. The van der Waals surface area contributed by atoms with Gasteiger partial charge in [-0.15, -0.1) is 10.2 Å². The first kappa shape index (κ1) is 23.9. The molecule has 0 atom stereocenters. The third kappa shape index (κ3) is 5.80. The molecule has 4 aromatic rings. The van der Waals surface area contributed by atoms with E-state index in [0.717, 1.165) is 22.8 Å². The summed E-state index contributed by atoms with van der Waals surface area (Å²) in [6.07, 6.45) is 0. The summed E-state index contributed by atoms with van der Waals surface area (Å²) in [5, 5.41) is 15.2. The maximum atomic E-state index is 12.1. The number of nitrogens with one attached hydrogen (secondary N) is 2. The molecule has 12 nitrogen and oxygen atoms in total. The smallest absolute Gasteiger partial charge is 0.253 e. The van der Waals surface area contributed by atoms with Gasteiger partial charge in [-0.3, -0.25) is 9.59 Å². The van der Waals surface area contributed by atoms with Gasteiger partial charge in [0.2, 0.25) is 22.1 Å². The van der Waals surface area contributed by atoms with Gasteiger partial charge >= 0.3 is 0 Å². The van der Waals surface area contributed by atoms with Gasteiger partial charge in [-0.05, 0) is 39.8 Å². The lowest BCUT2D eigenvalue weighted by Gasteiger charge is -2.06. The molecule has 4 heterocycles. The van der Waals surface area contributed by atoms with E-state index in [2.05, 4.69) is 40.8 Å². The highest BCUT2D eigenvalue weighted by Gasteiger charge is 2.12. The molecule has 0 fully saturated rings. The van der Waals surface area contributed by atoms with E-state index in [0.29, 0.717) is 35.0 Å². The number of amides is 2. The minimum absolute atomic E-state index is 0.166. The van der Waals surface area contributed by atoms with Crippen molar-refractivity contribution in [1.82, 2.24) is 49.8 Å². The molecule has 0 aliphatic carbocycles.